The van der Waals surface area contributed by atoms with Crippen LogP contribution in [0.1, 0.15) is 24.3 Å². The summed E-state index contributed by atoms with van der Waals surface area (Å²) in [5, 5.41) is 11.8. The second kappa shape index (κ2) is 4.78. The van der Waals surface area contributed by atoms with E-state index in [9.17, 15) is 14.7 Å². The van der Waals surface area contributed by atoms with Crippen LogP contribution < -0.4 is 11.1 Å². The van der Waals surface area contributed by atoms with E-state index in [-0.39, 0.29) is 12.5 Å². The monoisotopic (exact) mass is 248 g/mol. The summed E-state index contributed by atoms with van der Waals surface area (Å²) in [5.41, 5.74) is 5.64. The van der Waals surface area contributed by atoms with Gasteiger partial charge in [0.15, 0.2) is 0 Å². The van der Waals surface area contributed by atoms with Crippen LogP contribution in [0.25, 0.3) is 0 Å². The van der Waals surface area contributed by atoms with Gasteiger partial charge >= 0.3 is 5.97 Å². The van der Waals surface area contributed by atoms with Gasteiger partial charge in [-0.25, -0.2) is 0 Å². The van der Waals surface area contributed by atoms with E-state index in [1.165, 1.54) is 0 Å². The highest BCUT2D eigenvalue weighted by Gasteiger charge is 2.46. The zero-order valence-corrected chi connectivity index (χ0v) is 9.93. The van der Waals surface area contributed by atoms with Crippen LogP contribution in [0.2, 0.25) is 0 Å². The van der Waals surface area contributed by atoms with E-state index in [1.54, 1.807) is 24.3 Å². The van der Waals surface area contributed by atoms with Gasteiger partial charge in [-0.1, -0.05) is 30.3 Å². The van der Waals surface area contributed by atoms with E-state index in [0.29, 0.717) is 18.4 Å². The molecule has 1 aromatic rings. The van der Waals surface area contributed by atoms with Gasteiger partial charge < -0.3 is 16.2 Å². The fraction of sp³-hybridized carbons (Fsp3) is 0.385. The van der Waals surface area contributed by atoms with Gasteiger partial charge in [0.1, 0.15) is 0 Å². The third-order valence-corrected chi connectivity index (χ3v) is 3.21. The molecule has 0 radical (unpaired) electrons. The van der Waals surface area contributed by atoms with E-state index in [0.717, 1.165) is 0 Å². The second-order valence-electron chi connectivity index (χ2n) is 4.67. The van der Waals surface area contributed by atoms with E-state index in [2.05, 4.69) is 5.32 Å². The molecule has 1 amide bonds. The molecule has 0 heterocycles. The first-order chi connectivity index (χ1) is 8.53. The fourth-order valence-corrected chi connectivity index (χ4v) is 1.77. The van der Waals surface area contributed by atoms with Crippen molar-refractivity contribution in [3.8, 4) is 0 Å². The normalized spacial score (nSPS) is 17.8. The Balaban J connectivity index is 1.99. The third-order valence-electron chi connectivity index (χ3n) is 3.21. The summed E-state index contributed by atoms with van der Waals surface area (Å²) in [6.07, 6.45) is 1.34. The standard InChI is InChI=1S/C13H16N2O3/c14-13(6-7-13)12(18)15-8-10(11(16)17)9-4-2-1-3-5-9/h1-5,10H,6-8,14H2,(H,15,18)(H,16,17). The van der Waals surface area contributed by atoms with Crippen molar-refractivity contribution in [1.82, 2.24) is 5.32 Å². The molecule has 0 bridgehead atoms. The van der Waals surface area contributed by atoms with Gasteiger partial charge in [-0.2, -0.15) is 0 Å². The molecule has 1 aliphatic carbocycles. The largest absolute Gasteiger partial charge is 0.481 e. The van der Waals surface area contributed by atoms with Crippen LogP contribution in [0, 0.1) is 0 Å². The molecular weight excluding hydrogens is 232 g/mol. The minimum Gasteiger partial charge on any atom is -0.481 e. The number of nitrogens with one attached hydrogen (secondary N) is 1. The van der Waals surface area contributed by atoms with E-state index in [4.69, 9.17) is 5.73 Å². The molecule has 0 spiro atoms. The Bertz CT molecular complexity index is 455. The Kier molecular flexibility index (Phi) is 3.34. The average Bonchev–Trinajstić information content (AvgIpc) is 3.10. The zero-order chi connectivity index (χ0) is 13.2. The summed E-state index contributed by atoms with van der Waals surface area (Å²) in [4.78, 5) is 22.9. The maximum atomic E-state index is 11.7. The van der Waals surface area contributed by atoms with Gasteiger partial charge in [-0.05, 0) is 18.4 Å². The van der Waals surface area contributed by atoms with Crippen molar-refractivity contribution < 1.29 is 14.7 Å². The Morgan fingerprint density at radius 3 is 2.44 bits per heavy atom. The number of rotatable bonds is 5. The lowest BCUT2D eigenvalue weighted by atomic mass is 9.99. The SMILES string of the molecule is NC1(C(=O)NCC(C(=O)O)c2ccccc2)CC1. The molecule has 0 aromatic heterocycles. The molecule has 1 fully saturated rings. The number of nitrogens with two attached hydrogens (primary N) is 1. The fourth-order valence-electron chi connectivity index (χ4n) is 1.77. The van der Waals surface area contributed by atoms with E-state index >= 15 is 0 Å². The molecular formula is C13H16N2O3. The zero-order valence-electron chi connectivity index (χ0n) is 9.93. The van der Waals surface area contributed by atoms with Crippen molar-refractivity contribution >= 4 is 11.9 Å². The smallest absolute Gasteiger partial charge is 0.312 e. The van der Waals surface area contributed by atoms with Crippen LogP contribution in [0.3, 0.4) is 0 Å². The Hall–Kier alpha value is -1.88. The Labute approximate surface area is 105 Å². The van der Waals surface area contributed by atoms with Crippen molar-refractivity contribution in [2.24, 2.45) is 5.73 Å². The van der Waals surface area contributed by atoms with Gasteiger partial charge in [-0.15, -0.1) is 0 Å². The topological polar surface area (TPSA) is 92.4 Å². The Morgan fingerprint density at radius 1 is 1.33 bits per heavy atom. The molecule has 1 aliphatic rings. The maximum Gasteiger partial charge on any atom is 0.312 e. The van der Waals surface area contributed by atoms with Gasteiger partial charge in [0.2, 0.25) is 5.91 Å². The maximum absolute atomic E-state index is 11.7. The molecule has 1 unspecified atom stereocenters. The summed E-state index contributed by atoms with van der Waals surface area (Å²) in [7, 11) is 0. The number of benzene rings is 1. The first-order valence-corrected chi connectivity index (χ1v) is 5.88. The van der Waals surface area contributed by atoms with Crippen molar-refractivity contribution in [3.05, 3.63) is 35.9 Å². The lowest BCUT2D eigenvalue weighted by Gasteiger charge is -2.15. The molecule has 4 N–H and O–H groups in total. The van der Waals surface area contributed by atoms with Crippen molar-refractivity contribution in [2.45, 2.75) is 24.3 Å². The van der Waals surface area contributed by atoms with Crippen LogP contribution in [-0.4, -0.2) is 29.1 Å². The quantitative estimate of drug-likeness (QED) is 0.706. The van der Waals surface area contributed by atoms with Gasteiger partial charge in [0.05, 0.1) is 11.5 Å². The third kappa shape index (κ3) is 2.68. The molecule has 1 saturated carbocycles. The number of hydrogen-bond donors (Lipinski definition) is 3. The van der Waals surface area contributed by atoms with E-state index < -0.39 is 17.4 Å². The predicted octanol–water partition coefficient (Wildman–Crippen LogP) is 0.462. The number of amides is 1. The lowest BCUT2D eigenvalue weighted by molar-refractivity contribution is -0.138. The Morgan fingerprint density at radius 2 is 1.94 bits per heavy atom. The molecule has 0 saturated heterocycles. The predicted molar refractivity (Wildman–Crippen MR) is 66.0 cm³/mol. The van der Waals surface area contributed by atoms with Crippen LogP contribution in [0.5, 0.6) is 0 Å². The molecule has 0 aliphatic heterocycles. The highest BCUT2D eigenvalue weighted by Crippen LogP contribution is 2.32. The van der Waals surface area contributed by atoms with E-state index in [1.807, 2.05) is 6.07 Å². The number of aliphatic carboxylic acids is 1. The van der Waals surface area contributed by atoms with Crippen molar-refractivity contribution in [1.29, 1.82) is 0 Å². The second-order valence-corrected chi connectivity index (χ2v) is 4.67. The molecule has 1 atom stereocenters. The molecule has 96 valence electrons. The summed E-state index contributed by atoms with van der Waals surface area (Å²) in [6, 6.07) is 8.84. The number of carboxylic acids is 1. The molecule has 2 rings (SSSR count). The minimum absolute atomic E-state index is 0.0666. The first-order valence-electron chi connectivity index (χ1n) is 5.88. The van der Waals surface area contributed by atoms with Gasteiger partial charge in [0.25, 0.3) is 0 Å². The van der Waals surface area contributed by atoms with Gasteiger partial charge in [0, 0.05) is 6.54 Å². The summed E-state index contributed by atoms with van der Waals surface area (Å²) >= 11 is 0. The number of carboxylic acid groups (broad SMARTS) is 1. The number of carbonyl (C=O) groups excluding carboxylic acids is 1. The highest BCUT2D eigenvalue weighted by atomic mass is 16.4. The number of hydrogen-bond acceptors (Lipinski definition) is 3. The first kappa shape index (κ1) is 12.6. The summed E-state index contributed by atoms with van der Waals surface area (Å²) < 4.78 is 0. The summed E-state index contributed by atoms with van der Waals surface area (Å²) in [6.45, 7) is 0.0666. The van der Waals surface area contributed by atoms with Gasteiger partial charge in [-0.3, -0.25) is 9.59 Å². The minimum atomic E-state index is -0.955. The van der Waals surface area contributed by atoms with Crippen LogP contribution in [0.4, 0.5) is 0 Å². The lowest BCUT2D eigenvalue weighted by Crippen LogP contribution is -2.44. The highest BCUT2D eigenvalue weighted by molar-refractivity contribution is 5.89. The molecule has 5 nitrogen and oxygen atoms in total. The van der Waals surface area contributed by atoms with Crippen LogP contribution in [0.15, 0.2) is 30.3 Å². The van der Waals surface area contributed by atoms with Crippen molar-refractivity contribution in [2.75, 3.05) is 6.54 Å². The van der Waals surface area contributed by atoms with Crippen LogP contribution in [-0.2, 0) is 9.59 Å². The van der Waals surface area contributed by atoms with Crippen LogP contribution >= 0.6 is 0 Å². The van der Waals surface area contributed by atoms with Crippen molar-refractivity contribution in [3.63, 3.8) is 0 Å². The average molecular weight is 248 g/mol. The molecule has 5 heteroatoms. The molecule has 18 heavy (non-hydrogen) atoms. The molecule has 1 aromatic carbocycles. The summed E-state index contributed by atoms with van der Waals surface area (Å²) in [5.74, 6) is -1.95. The number of carbonyl (C=O) groups is 2.